The van der Waals surface area contributed by atoms with Crippen LogP contribution in [0.1, 0.15) is 84.5 Å². The van der Waals surface area contributed by atoms with Gasteiger partial charge in [-0.1, -0.05) is 65.2 Å². The fourth-order valence-electron chi connectivity index (χ4n) is 3.19. The summed E-state index contributed by atoms with van der Waals surface area (Å²) < 4.78 is 0. The number of nitrogens with one attached hydrogen (secondary N) is 1. The maximum Gasteiger partial charge on any atom is 0.00670 e. The van der Waals surface area contributed by atoms with Crippen LogP contribution in [0.3, 0.4) is 0 Å². The zero-order chi connectivity index (χ0) is 12.3. The van der Waals surface area contributed by atoms with Crippen molar-refractivity contribution in [2.45, 2.75) is 90.5 Å². The molecular formula is C16H33N. The third-order valence-corrected chi connectivity index (χ3v) is 4.30. The molecule has 0 aromatic rings. The fourth-order valence-corrected chi connectivity index (χ4v) is 3.19. The molecule has 0 saturated heterocycles. The van der Waals surface area contributed by atoms with Crippen LogP contribution in [0, 0.1) is 5.92 Å². The molecule has 102 valence electrons. The molecule has 0 amide bonds. The monoisotopic (exact) mass is 239 g/mol. The van der Waals surface area contributed by atoms with Gasteiger partial charge in [0.05, 0.1) is 0 Å². The first-order chi connectivity index (χ1) is 8.36. The van der Waals surface area contributed by atoms with E-state index in [1.165, 1.54) is 70.6 Å². The lowest BCUT2D eigenvalue weighted by atomic mass is 9.85. The van der Waals surface area contributed by atoms with Gasteiger partial charge in [-0.05, 0) is 31.7 Å². The molecule has 17 heavy (non-hydrogen) atoms. The molecule has 0 spiro atoms. The summed E-state index contributed by atoms with van der Waals surface area (Å²) in [5.74, 6) is 1.05. The van der Waals surface area contributed by atoms with Gasteiger partial charge in [0.2, 0.25) is 0 Å². The summed E-state index contributed by atoms with van der Waals surface area (Å²) in [5, 5.41) is 3.68. The Kier molecular flexibility index (Phi) is 8.78. The predicted octanol–water partition coefficient (Wildman–Crippen LogP) is 4.91. The van der Waals surface area contributed by atoms with Crippen molar-refractivity contribution in [3.05, 3.63) is 0 Å². The molecule has 1 nitrogen and oxygen atoms in total. The second kappa shape index (κ2) is 9.94. The summed E-state index contributed by atoms with van der Waals surface area (Å²) >= 11 is 0. The third kappa shape index (κ3) is 7.08. The molecule has 0 bridgehead atoms. The van der Waals surface area contributed by atoms with Gasteiger partial charge in [-0.25, -0.2) is 0 Å². The van der Waals surface area contributed by atoms with Crippen LogP contribution in [-0.2, 0) is 0 Å². The molecule has 0 aromatic carbocycles. The van der Waals surface area contributed by atoms with Crippen LogP contribution < -0.4 is 5.32 Å². The van der Waals surface area contributed by atoms with E-state index in [0.29, 0.717) is 0 Å². The molecule has 0 aliphatic heterocycles. The minimum Gasteiger partial charge on any atom is -0.314 e. The largest absolute Gasteiger partial charge is 0.314 e. The van der Waals surface area contributed by atoms with E-state index in [2.05, 4.69) is 19.2 Å². The molecular weight excluding hydrogens is 206 g/mol. The zero-order valence-electron chi connectivity index (χ0n) is 12.1. The molecule has 0 heterocycles. The van der Waals surface area contributed by atoms with Crippen LogP contribution in [0.4, 0.5) is 0 Å². The van der Waals surface area contributed by atoms with E-state index < -0.39 is 0 Å². The van der Waals surface area contributed by atoms with Crippen LogP contribution in [0.15, 0.2) is 0 Å². The molecule has 1 saturated carbocycles. The van der Waals surface area contributed by atoms with E-state index >= 15 is 0 Å². The van der Waals surface area contributed by atoms with Gasteiger partial charge in [-0.2, -0.15) is 0 Å². The minimum absolute atomic E-state index is 0.800. The first-order valence-corrected chi connectivity index (χ1v) is 8.10. The highest BCUT2D eigenvalue weighted by Gasteiger charge is 2.15. The van der Waals surface area contributed by atoms with Gasteiger partial charge in [0, 0.05) is 6.04 Å². The fraction of sp³-hybridized carbons (Fsp3) is 1.00. The molecule has 0 aromatic heterocycles. The van der Waals surface area contributed by atoms with E-state index in [4.69, 9.17) is 0 Å². The quantitative estimate of drug-likeness (QED) is 0.564. The summed E-state index contributed by atoms with van der Waals surface area (Å²) in [6.07, 6.45) is 16.0. The van der Waals surface area contributed by atoms with Gasteiger partial charge in [0.15, 0.2) is 0 Å². The Balaban J connectivity index is 2.13. The second-order valence-electron chi connectivity index (χ2n) is 5.83. The zero-order valence-corrected chi connectivity index (χ0v) is 12.1. The lowest BCUT2D eigenvalue weighted by Gasteiger charge is -2.24. The van der Waals surface area contributed by atoms with Gasteiger partial charge in [0.1, 0.15) is 0 Å². The van der Waals surface area contributed by atoms with E-state index in [1.807, 2.05) is 0 Å². The highest BCUT2D eigenvalue weighted by atomic mass is 14.9. The van der Waals surface area contributed by atoms with Crippen molar-refractivity contribution in [2.24, 2.45) is 5.92 Å². The molecule has 1 fully saturated rings. The third-order valence-electron chi connectivity index (χ3n) is 4.30. The Labute approximate surface area is 109 Å². The average Bonchev–Trinajstić information content (AvgIpc) is 2.37. The van der Waals surface area contributed by atoms with Crippen molar-refractivity contribution in [3.63, 3.8) is 0 Å². The van der Waals surface area contributed by atoms with Crippen LogP contribution in [-0.4, -0.2) is 12.6 Å². The van der Waals surface area contributed by atoms with Gasteiger partial charge in [-0.3, -0.25) is 0 Å². The highest BCUT2D eigenvalue weighted by Crippen LogP contribution is 2.28. The summed E-state index contributed by atoms with van der Waals surface area (Å²) in [6, 6.07) is 0.800. The van der Waals surface area contributed by atoms with E-state index in [-0.39, 0.29) is 0 Å². The molecule has 1 aliphatic rings. The summed E-state index contributed by atoms with van der Waals surface area (Å²) in [4.78, 5) is 0. The highest BCUT2D eigenvalue weighted by molar-refractivity contribution is 4.71. The number of hydrogen-bond acceptors (Lipinski definition) is 1. The number of rotatable bonds is 9. The van der Waals surface area contributed by atoms with Crippen molar-refractivity contribution in [3.8, 4) is 0 Å². The lowest BCUT2D eigenvalue weighted by molar-refractivity contribution is 0.308. The number of hydrogen-bond donors (Lipinski definition) is 1. The number of unbranched alkanes of at least 4 members (excludes halogenated alkanes) is 2. The van der Waals surface area contributed by atoms with E-state index in [9.17, 15) is 0 Å². The van der Waals surface area contributed by atoms with Crippen molar-refractivity contribution >= 4 is 0 Å². The standard InChI is InChI=1S/C16H33N/c1-3-5-7-12-16(17-4-2)14-13-15-10-8-6-9-11-15/h15-17H,3-14H2,1-2H3. The molecule has 1 N–H and O–H groups in total. The molecule has 1 heteroatoms. The Morgan fingerprint density at radius 1 is 1.00 bits per heavy atom. The van der Waals surface area contributed by atoms with Crippen molar-refractivity contribution < 1.29 is 0 Å². The van der Waals surface area contributed by atoms with Crippen LogP contribution in [0.2, 0.25) is 0 Å². The van der Waals surface area contributed by atoms with Gasteiger partial charge in [0.25, 0.3) is 0 Å². The van der Waals surface area contributed by atoms with Crippen LogP contribution in [0.25, 0.3) is 0 Å². The Hall–Kier alpha value is -0.0400. The molecule has 1 aliphatic carbocycles. The Morgan fingerprint density at radius 3 is 2.41 bits per heavy atom. The van der Waals surface area contributed by atoms with Crippen LogP contribution in [0.5, 0.6) is 0 Å². The maximum atomic E-state index is 3.68. The molecule has 1 rings (SSSR count). The van der Waals surface area contributed by atoms with Crippen molar-refractivity contribution in [2.75, 3.05) is 6.54 Å². The average molecular weight is 239 g/mol. The molecule has 1 atom stereocenters. The predicted molar refractivity (Wildman–Crippen MR) is 77.4 cm³/mol. The van der Waals surface area contributed by atoms with E-state index in [1.54, 1.807) is 0 Å². The summed E-state index contributed by atoms with van der Waals surface area (Å²) in [5.41, 5.74) is 0. The van der Waals surface area contributed by atoms with E-state index in [0.717, 1.165) is 18.5 Å². The molecule has 1 unspecified atom stereocenters. The van der Waals surface area contributed by atoms with Gasteiger partial charge >= 0.3 is 0 Å². The maximum absolute atomic E-state index is 3.68. The lowest BCUT2D eigenvalue weighted by Crippen LogP contribution is -2.29. The normalized spacial score (nSPS) is 19.4. The van der Waals surface area contributed by atoms with Gasteiger partial charge < -0.3 is 5.32 Å². The summed E-state index contributed by atoms with van der Waals surface area (Å²) in [7, 11) is 0. The first-order valence-electron chi connectivity index (χ1n) is 8.10. The first kappa shape index (κ1) is 15.0. The molecule has 0 radical (unpaired) electrons. The smallest absolute Gasteiger partial charge is 0.00670 e. The Bertz CT molecular complexity index is 161. The Morgan fingerprint density at radius 2 is 1.76 bits per heavy atom. The van der Waals surface area contributed by atoms with Crippen LogP contribution >= 0.6 is 0 Å². The summed E-state index contributed by atoms with van der Waals surface area (Å²) in [6.45, 7) is 5.68. The SMILES string of the molecule is CCCCCC(CCC1CCCCC1)NCC. The van der Waals surface area contributed by atoms with Gasteiger partial charge in [-0.15, -0.1) is 0 Å². The minimum atomic E-state index is 0.800. The topological polar surface area (TPSA) is 12.0 Å². The van der Waals surface area contributed by atoms with Crippen molar-refractivity contribution in [1.29, 1.82) is 0 Å². The van der Waals surface area contributed by atoms with Crippen molar-refractivity contribution in [1.82, 2.24) is 5.32 Å². The second-order valence-corrected chi connectivity index (χ2v) is 5.83.